The summed E-state index contributed by atoms with van der Waals surface area (Å²) in [6.07, 6.45) is 6.24. The van der Waals surface area contributed by atoms with Gasteiger partial charge in [-0.25, -0.2) is 17.8 Å². The number of nitrogens with zero attached hydrogens (tertiary/aromatic N) is 3. The summed E-state index contributed by atoms with van der Waals surface area (Å²) in [5.41, 5.74) is 1.71. The van der Waals surface area contributed by atoms with Crippen molar-refractivity contribution in [2.24, 2.45) is 0 Å². The van der Waals surface area contributed by atoms with E-state index in [2.05, 4.69) is 10.3 Å². The highest BCUT2D eigenvalue weighted by Crippen LogP contribution is 2.18. The third-order valence-corrected chi connectivity index (χ3v) is 7.28. The Morgan fingerprint density at radius 2 is 1.85 bits per heavy atom. The molecule has 1 N–H and O–H groups in total. The van der Waals surface area contributed by atoms with Crippen LogP contribution in [0, 0.1) is 12.7 Å². The van der Waals surface area contributed by atoms with Crippen molar-refractivity contribution in [1.29, 1.82) is 0 Å². The van der Waals surface area contributed by atoms with Gasteiger partial charge in [0.2, 0.25) is 15.9 Å². The van der Waals surface area contributed by atoms with Crippen LogP contribution >= 0.6 is 0 Å². The predicted octanol–water partition coefficient (Wildman–Crippen LogP) is 3.68. The van der Waals surface area contributed by atoms with E-state index >= 15 is 0 Å². The maximum atomic E-state index is 14.5. The van der Waals surface area contributed by atoms with Gasteiger partial charge in [0, 0.05) is 38.1 Å². The van der Waals surface area contributed by atoms with Crippen LogP contribution in [0.2, 0.25) is 0 Å². The van der Waals surface area contributed by atoms with Crippen molar-refractivity contribution < 1.29 is 17.6 Å². The van der Waals surface area contributed by atoms with Gasteiger partial charge in [0.1, 0.15) is 11.6 Å². The number of rotatable bonds is 9. The standard InChI is InChI=1S/C24H27FN4O3S/c1-4-28(5-2)33(31,32)21-10-6-19(7-11-21)9-13-24(30)27-17-20-8-12-23(22(25)16-20)29-15-14-26-18(29)3/h6-16H,4-5,17H2,1-3H3,(H,27,30)/b13-9+. The van der Waals surface area contributed by atoms with Crippen LogP contribution in [0.3, 0.4) is 0 Å². The number of sulfonamides is 1. The molecule has 0 unspecified atom stereocenters. The zero-order chi connectivity index (χ0) is 24.0. The third-order valence-electron chi connectivity index (χ3n) is 5.21. The van der Waals surface area contributed by atoms with Gasteiger partial charge in [0.05, 0.1) is 10.6 Å². The van der Waals surface area contributed by atoms with Crippen molar-refractivity contribution in [2.75, 3.05) is 13.1 Å². The zero-order valence-corrected chi connectivity index (χ0v) is 19.6. The van der Waals surface area contributed by atoms with E-state index in [1.54, 1.807) is 68.1 Å². The number of imidazole rings is 1. The molecule has 0 spiro atoms. The fourth-order valence-corrected chi connectivity index (χ4v) is 4.83. The van der Waals surface area contributed by atoms with Crippen LogP contribution < -0.4 is 5.32 Å². The second-order valence-electron chi connectivity index (χ2n) is 7.34. The number of carbonyl (C=O) groups is 1. The summed E-state index contributed by atoms with van der Waals surface area (Å²) in [5.74, 6) is -0.0679. The largest absolute Gasteiger partial charge is 0.348 e. The molecule has 0 aliphatic carbocycles. The molecule has 2 aromatic carbocycles. The van der Waals surface area contributed by atoms with Gasteiger partial charge in [0.15, 0.2) is 0 Å². The topological polar surface area (TPSA) is 84.3 Å². The maximum Gasteiger partial charge on any atom is 0.244 e. The van der Waals surface area contributed by atoms with Crippen LogP contribution in [-0.2, 0) is 21.4 Å². The quantitative estimate of drug-likeness (QED) is 0.484. The predicted molar refractivity (Wildman–Crippen MR) is 126 cm³/mol. The Balaban J connectivity index is 1.59. The lowest BCUT2D eigenvalue weighted by Crippen LogP contribution is -2.30. The number of carbonyl (C=O) groups excluding carboxylic acids is 1. The van der Waals surface area contributed by atoms with Crippen molar-refractivity contribution >= 4 is 22.0 Å². The highest BCUT2D eigenvalue weighted by atomic mass is 32.2. The summed E-state index contributed by atoms with van der Waals surface area (Å²) in [6.45, 7) is 6.34. The Bertz CT molecular complexity index is 1250. The van der Waals surface area contributed by atoms with Crippen LogP contribution in [0.25, 0.3) is 11.8 Å². The van der Waals surface area contributed by atoms with Gasteiger partial charge in [0.25, 0.3) is 0 Å². The van der Waals surface area contributed by atoms with E-state index in [1.807, 2.05) is 0 Å². The minimum Gasteiger partial charge on any atom is -0.348 e. The normalized spacial score (nSPS) is 11.9. The number of aryl methyl sites for hydroxylation is 1. The Hall–Kier alpha value is -3.30. The molecule has 0 atom stereocenters. The first-order valence-corrected chi connectivity index (χ1v) is 12.0. The maximum absolute atomic E-state index is 14.5. The average Bonchev–Trinajstić information content (AvgIpc) is 3.22. The third kappa shape index (κ3) is 5.74. The van der Waals surface area contributed by atoms with E-state index in [-0.39, 0.29) is 17.3 Å². The minimum atomic E-state index is -3.52. The van der Waals surface area contributed by atoms with Gasteiger partial charge in [-0.2, -0.15) is 4.31 Å². The lowest BCUT2D eigenvalue weighted by Gasteiger charge is -2.18. The number of hydrogen-bond acceptors (Lipinski definition) is 4. The van der Waals surface area contributed by atoms with Crippen LogP contribution in [0.1, 0.15) is 30.8 Å². The highest BCUT2D eigenvalue weighted by molar-refractivity contribution is 7.89. The van der Waals surface area contributed by atoms with Crippen LogP contribution in [0.4, 0.5) is 4.39 Å². The lowest BCUT2D eigenvalue weighted by atomic mass is 10.2. The van der Waals surface area contributed by atoms with Crippen molar-refractivity contribution in [1.82, 2.24) is 19.2 Å². The first-order chi connectivity index (χ1) is 15.8. The van der Waals surface area contributed by atoms with Crippen molar-refractivity contribution in [3.05, 3.63) is 83.7 Å². The van der Waals surface area contributed by atoms with Gasteiger partial charge in [-0.1, -0.05) is 32.0 Å². The zero-order valence-electron chi connectivity index (χ0n) is 18.8. The Kier molecular flexibility index (Phi) is 7.78. The fraction of sp³-hybridized carbons (Fsp3) is 0.250. The van der Waals surface area contributed by atoms with E-state index in [0.29, 0.717) is 35.7 Å². The van der Waals surface area contributed by atoms with Crippen LogP contribution in [0.15, 0.2) is 65.8 Å². The molecule has 0 fully saturated rings. The summed E-state index contributed by atoms with van der Waals surface area (Å²) >= 11 is 0. The Morgan fingerprint density at radius 3 is 2.42 bits per heavy atom. The molecule has 7 nitrogen and oxygen atoms in total. The average molecular weight is 471 g/mol. The number of amides is 1. The smallest absolute Gasteiger partial charge is 0.244 e. The molecule has 0 aliphatic heterocycles. The summed E-state index contributed by atoms with van der Waals surface area (Å²) < 4.78 is 42.6. The first-order valence-electron chi connectivity index (χ1n) is 10.6. The highest BCUT2D eigenvalue weighted by Gasteiger charge is 2.20. The van der Waals surface area contributed by atoms with Gasteiger partial charge >= 0.3 is 0 Å². The molecule has 1 amide bonds. The summed E-state index contributed by atoms with van der Waals surface area (Å²) in [7, 11) is -3.52. The first kappa shape index (κ1) is 24.3. The number of hydrogen-bond donors (Lipinski definition) is 1. The number of aromatic nitrogens is 2. The Labute approximate surface area is 193 Å². The summed E-state index contributed by atoms with van der Waals surface area (Å²) in [4.78, 5) is 16.5. The van der Waals surface area contributed by atoms with Crippen LogP contribution in [-0.4, -0.2) is 41.3 Å². The number of nitrogens with one attached hydrogen (secondary N) is 1. The second-order valence-corrected chi connectivity index (χ2v) is 9.28. The van der Waals surface area contributed by atoms with E-state index < -0.39 is 15.8 Å². The molecule has 33 heavy (non-hydrogen) atoms. The summed E-state index contributed by atoms with van der Waals surface area (Å²) in [6, 6.07) is 11.1. The van der Waals surface area contributed by atoms with Crippen molar-refractivity contribution in [2.45, 2.75) is 32.2 Å². The molecule has 0 saturated carbocycles. The SMILES string of the molecule is CCN(CC)S(=O)(=O)c1ccc(/C=C/C(=O)NCc2ccc(-n3ccnc3C)c(F)c2)cc1. The molecule has 9 heteroatoms. The molecule has 0 radical (unpaired) electrons. The lowest BCUT2D eigenvalue weighted by molar-refractivity contribution is -0.116. The van der Waals surface area contributed by atoms with Crippen molar-refractivity contribution in [3.63, 3.8) is 0 Å². The molecule has 3 aromatic rings. The number of benzene rings is 2. The second kappa shape index (κ2) is 10.5. The van der Waals surface area contributed by atoms with Gasteiger partial charge in [-0.3, -0.25) is 4.79 Å². The minimum absolute atomic E-state index is 0.171. The van der Waals surface area contributed by atoms with E-state index in [9.17, 15) is 17.6 Å². The van der Waals surface area contributed by atoms with E-state index in [1.165, 1.54) is 28.6 Å². The molecule has 1 aromatic heterocycles. The van der Waals surface area contributed by atoms with Gasteiger partial charge < -0.3 is 9.88 Å². The van der Waals surface area contributed by atoms with Crippen LogP contribution in [0.5, 0.6) is 0 Å². The van der Waals surface area contributed by atoms with Crippen molar-refractivity contribution in [3.8, 4) is 5.69 Å². The molecule has 1 heterocycles. The molecule has 3 rings (SSSR count). The molecule has 0 saturated heterocycles. The number of halogens is 1. The summed E-state index contributed by atoms with van der Waals surface area (Å²) in [5, 5.41) is 2.71. The molecular weight excluding hydrogens is 443 g/mol. The van der Waals surface area contributed by atoms with E-state index in [0.717, 1.165) is 0 Å². The fourth-order valence-electron chi connectivity index (χ4n) is 3.37. The van der Waals surface area contributed by atoms with E-state index in [4.69, 9.17) is 0 Å². The molecular formula is C24H27FN4O3S. The molecule has 174 valence electrons. The van der Waals surface area contributed by atoms with Gasteiger partial charge in [-0.15, -0.1) is 0 Å². The van der Waals surface area contributed by atoms with Gasteiger partial charge in [-0.05, 0) is 48.4 Å². The molecule has 0 aliphatic rings. The molecule has 0 bridgehead atoms. The monoisotopic (exact) mass is 470 g/mol. The Morgan fingerprint density at radius 1 is 1.15 bits per heavy atom.